The van der Waals surface area contributed by atoms with Crippen LogP contribution in [0.2, 0.25) is 5.02 Å². The Morgan fingerprint density at radius 1 is 1.33 bits per heavy atom. The fourth-order valence-electron chi connectivity index (χ4n) is 0.964. The average Bonchev–Trinajstić information content (AvgIpc) is 2.12. The monoisotopic (exact) mass is 234 g/mol. The predicted octanol–water partition coefficient (Wildman–Crippen LogP) is 2.70. The van der Waals surface area contributed by atoms with Gasteiger partial charge in [0.05, 0.1) is 10.6 Å². The molecule has 0 radical (unpaired) electrons. The molecule has 5 heteroatoms. The molecule has 0 aromatic heterocycles. The van der Waals surface area contributed by atoms with Crippen LogP contribution >= 0.6 is 11.6 Å². The molecule has 0 amide bonds. The van der Waals surface area contributed by atoms with Crippen molar-refractivity contribution in [3.8, 4) is 11.8 Å². The summed E-state index contributed by atoms with van der Waals surface area (Å²) in [6.07, 6.45) is -4.46. The molecule has 0 aliphatic heterocycles. The van der Waals surface area contributed by atoms with E-state index in [1.807, 2.05) is 0 Å². The van der Waals surface area contributed by atoms with Gasteiger partial charge in [-0.25, -0.2) is 0 Å². The summed E-state index contributed by atoms with van der Waals surface area (Å²) in [7, 11) is 0. The minimum absolute atomic E-state index is 0.335. The first-order valence-corrected chi connectivity index (χ1v) is 4.29. The molecule has 0 bridgehead atoms. The van der Waals surface area contributed by atoms with Crippen LogP contribution in [-0.2, 0) is 6.18 Å². The van der Waals surface area contributed by atoms with Crippen LogP contribution in [0.1, 0.15) is 11.1 Å². The van der Waals surface area contributed by atoms with Crippen molar-refractivity contribution in [3.05, 3.63) is 34.3 Å². The molecule has 1 N–H and O–H groups in total. The largest absolute Gasteiger partial charge is 0.417 e. The number of alkyl halides is 3. The van der Waals surface area contributed by atoms with Gasteiger partial charge in [-0.3, -0.25) is 0 Å². The van der Waals surface area contributed by atoms with E-state index in [1.54, 1.807) is 0 Å². The van der Waals surface area contributed by atoms with Gasteiger partial charge >= 0.3 is 6.18 Å². The van der Waals surface area contributed by atoms with Gasteiger partial charge in [-0.1, -0.05) is 23.4 Å². The number of halogens is 4. The van der Waals surface area contributed by atoms with Crippen molar-refractivity contribution >= 4 is 11.6 Å². The van der Waals surface area contributed by atoms with Crippen molar-refractivity contribution < 1.29 is 18.3 Å². The van der Waals surface area contributed by atoms with E-state index in [-0.39, 0.29) is 6.61 Å². The summed E-state index contributed by atoms with van der Waals surface area (Å²) in [4.78, 5) is 0. The molecule has 0 saturated heterocycles. The van der Waals surface area contributed by atoms with Crippen LogP contribution in [0.25, 0.3) is 0 Å². The fraction of sp³-hybridized carbons (Fsp3) is 0.200. The Morgan fingerprint density at radius 2 is 2.00 bits per heavy atom. The first-order chi connectivity index (χ1) is 6.95. The molecular weight excluding hydrogens is 229 g/mol. The Balaban J connectivity index is 3.09. The number of rotatable bonds is 0. The number of benzene rings is 1. The summed E-state index contributed by atoms with van der Waals surface area (Å²) in [5.74, 6) is 4.78. The highest BCUT2D eigenvalue weighted by Gasteiger charge is 2.32. The molecule has 0 unspecified atom stereocenters. The van der Waals surface area contributed by atoms with Crippen LogP contribution in [0.3, 0.4) is 0 Å². The van der Waals surface area contributed by atoms with Crippen LogP contribution in [-0.4, -0.2) is 11.7 Å². The van der Waals surface area contributed by atoms with Gasteiger partial charge in [0, 0.05) is 5.56 Å². The van der Waals surface area contributed by atoms with Gasteiger partial charge in [0.15, 0.2) is 0 Å². The maximum absolute atomic E-state index is 12.3. The van der Waals surface area contributed by atoms with Crippen LogP contribution in [0, 0.1) is 11.8 Å². The highest BCUT2D eigenvalue weighted by molar-refractivity contribution is 6.31. The lowest BCUT2D eigenvalue weighted by molar-refractivity contribution is -0.137. The predicted molar refractivity (Wildman–Crippen MR) is 50.4 cm³/mol. The van der Waals surface area contributed by atoms with Crippen LogP contribution < -0.4 is 0 Å². The van der Waals surface area contributed by atoms with Crippen molar-refractivity contribution in [2.75, 3.05) is 6.61 Å². The van der Waals surface area contributed by atoms with Crippen LogP contribution in [0.5, 0.6) is 0 Å². The average molecular weight is 235 g/mol. The summed E-state index contributed by atoms with van der Waals surface area (Å²) >= 11 is 5.44. The smallest absolute Gasteiger partial charge is 0.384 e. The third-order valence-electron chi connectivity index (χ3n) is 1.59. The summed E-state index contributed by atoms with van der Waals surface area (Å²) in [6, 6.07) is 3.19. The van der Waals surface area contributed by atoms with E-state index >= 15 is 0 Å². The molecule has 0 aliphatic rings. The van der Waals surface area contributed by atoms with Crippen LogP contribution in [0.4, 0.5) is 13.2 Å². The maximum Gasteiger partial charge on any atom is 0.417 e. The molecule has 0 spiro atoms. The van der Waals surface area contributed by atoms with Crippen molar-refractivity contribution in [2.45, 2.75) is 6.18 Å². The van der Waals surface area contributed by atoms with Crippen molar-refractivity contribution in [2.24, 2.45) is 0 Å². The lowest BCUT2D eigenvalue weighted by Crippen LogP contribution is -2.05. The van der Waals surface area contributed by atoms with E-state index in [0.29, 0.717) is 5.56 Å². The number of aliphatic hydroxyl groups is 1. The molecule has 1 nitrogen and oxygen atoms in total. The number of hydrogen-bond acceptors (Lipinski definition) is 1. The molecule has 1 rings (SSSR count). The summed E-state index contributed by atoms with van der Waals surface area (Å²) < 4.78 is 36.8. The summed E-state index contributed by atoms with van der Waals surface area (Å²) in [5.41, 5.74) is -0.555. The number of hydrogen-bond donors (Lipinski definition) is 1. The molecule has 0 heterocycles. The zero-order valence-electron chi connectivity index (χ0n) is 7.40. The molecule has 0 aliphatic carbocycles. The van der Waals surface area contributed by atoms with E-state index in [9.17, 15) is 13.2 Å². The molecule has 1 aromatic carbocycles. The van der Waals surface area contributed by atoms with Gasteiger partial charge in [-0.2, -0.15) is 13.2 Å². The van der Waals surface area contributed by atoms with Gasteiger partial charge in [0.1, 0.15) is 6.61 Å². The van der Waals surface area contributed by atoms with Crippen molar-refractivity contribution in [1.82, 2.24) is 0 Å². The lowest BCUT2D eigenvalue weighted by atomic mass is 10.1. The first-order valence-electron chi connectivity index (χ1n) is 3.91. The van der Waals surface area contributed by atoms with E-state index in [4.69, 9.17) is 16.7 Å². The minimum atomic E-state index is -4.46. The standard InChI is InChI=1S/C10H6ClF3O/c11-9-6-7(2-1-5-15)3-4-8(9)10(12,13)14/h3-4,6,15H,5H2. The molecular formula is C10H6ClF3O. The Hall–Kier alpha value is -1.18. The van der Waals surface area contributed by atoms with Gasteiger partial charge < -0.3 is 5.11 Å². The highest BCUT2D eigenvalue weighted by atomic mass is 35.5. The quantitative estimate of drug-likeness (QED) is 0.685. The first kappa shape index (κ1) is 11.9. The Bertz CT molecular complexity index is 415. The van der Waals surface area contributed by atoms with E-state index in [0.717, 1.165) is 12.1 Å². The Morgan fingerprint density at radius 3 is 2.47 bits per heavy atom. The molecule has 0 saturated carbocycles. The molecule has 1 aromatic rings. The third-order valence-corrected chi connectivity index (χ3v) is 1.90. The zero-order valence-corrected chi connectivity index (χ0v) is 8.15. The summed E-state index contributed by atoms with van der Waals surface area (Å²) in [6.45, 7) is -0.349. The number of aliphatic hydroxyl groups excluding tert-OH is 1. The van der Waals surface area contributed by atoms with Gasteiger partial charge in [0.25, 0.3) is 0 Å². The second kappa shape index (κ2) is 4.56. The second-order valence-corrected chi connectivity index (χ2v) is 3.06. The third kappa shape index (κ3) is 3.15. The van der Waals surface area contributed by atoms with Gasteiger partial charge in [0.2, 0.25) is 0 Å². The lowest BCUT2D eigenvalue weighted by Gasteiger charge is -2.08. The topological polar surface area (TPSA) is 20.2 Å². The van der Waals surface area contributed by atoms with E-state index in [2.05, 4.69) is 11.8 Å². The Kier molecular flexibility index (Phi) is 3.61. The zero-order chi connectivity index (χ0) is 11.5. The maximum atomic E-state index is 12.3. The molecule has 15 heavy (non-hydrogen) atoms. The molecule has 0 atom stereocenters. The second-order valence-electron chi connectivity index (χ2n) is 2.65. The van der Waals surface area contributed by atoms with Crippen molar-refractivity contribution in [3.63, 3.8) is 0 Å². The van der Waals surface area contributed by atoms with Crippen LogP contribution in [0.15, 0.2) is 18.2 Å². The van der Waals surface area contributed by atoms with Crippen molar-refractivity contribution in [1.29, 1.82) is 0 Å². The molecule has 80 valence electrons. The fourth-order valence-corrected chi connectivity index (χ4v) is 1.25. The van der Waals surface area contributed by atoms with E-state index < -0.39 is 16.8 Å². The minimum Gasteiger partial charge on any atom is -0.384 e. The SMILES string of the molecule is OCC#Cc1ccc(C(F)(F)F)c(Cl)c1. The normalized spacial score (nSPS) is 10.7. The van der Waals surface area contributed by atoms with Gasteiger partial charge in [-0.05, 0) is 18.2 Å². The van der Waals surface area contributed by atoms with Gasteiger partial charge in [-0.15, -0.1) is 0 Å². The van der Waals surface area contributed by atoms with E-state index in [1.165, 1.54) is 6.07 Å². The molecule has 0 fully saturated rings. The summed E-state index contributed by atoms with van der Waals surface area (Å²) in [5, 5.41) is 8.00. The Labute approximate surface area is 89.5 Å². The highest BCUT2D eigenvalue weighted by Crippen LogP contribution is 2.34.